The van der Waals surface area contributed by atoms with Gasteiger partial charge in [0.2, 0.25) is 0 Å². The van der Waals surface area contributed by atoms with E-state index in [2.05, 4.69) is 36.1 Å². The highest BCUT2D eigenvalue weighted by Gasteiger charge is 2.33. The van der Waals surface area contributed by atoms with Gasteiger partial charge in [-0.05, 0) is 59.5 Å². The molecule has 0 aromatic heterocycles. The Balaban J connectivity index is 1.99. The Morgan fingerprint density at radius 3 is 2.67 bits per heavy atom. The molecule has 6 nitrogen and oxygen atoms in total. The van der Waals surface area contributed by atoms with Crippen molar-refractivity contribution in [3.63, 3.8) is 0 Å². The first kappa shape index (κ1) is 19.0. The van der Waals surface area contributed by atoms with E-state index in [0.29, 0.717) is 19.2 Å². The van der Waals surface area contributed by atoms with E-state index >= 15 is 0 Å². The van der Waals surface area contributed by atoms with Crippen LogP contribution in [0.2, 0.25) is 0 Å². The van der Waals surface area contributed by atoms with Crippen LogP contribution in [0.3, 0.4) is 0 Å². The van der Waals surface area contributed by atoms with Crippen LogP contribution in [0.5, 0.6) is 0 Å². The zero-order valence-corrected chi connectivity index (χ0v) is 15.8. The number of guanidine groups is 1. The van der Waals surface area contributed by atoms with Crippen molar-refractivity contribution in [2.45, 2.75) is 45.6 Å². The van der Waals surface area contributed by atoms with Crippen LogP contribution in [-0.2, 0) is 9.53 Å². The van der Waals surface area contributed by atoms with Gasteiger partial charge in [-0.15, -0.1) is 0 Å². The number of piperidine rings is 1. The largest absolute Gasteiger partial charge is 0.466 e. The van der Waals surface area contributed by atoms with E-state index in [0.717, 1.165) is 44.4 Å². The fraction of sp³-hybridized carbons (Fsp3) is 0.889. The van der Waals surface area contributed by atoms with Gasteiger partial charge in [-0.25, -0.2) is 0 Å². The number of likely N-dealkylation sites (N-methyl/N-ethyl adjacent to an activating group) is 1. The summed E-state index contributed by atoms with van der Waals surface area (Å²) in [5.74, 6) is 1.64. The molecule has 0 spiro atoms. The van der Waals surface area contributed by atoms with Gasteiger partial charge >= 0.3 is 5.97 Å². The zero-order valence-electron chi connectivity index (χ0n) is 15.8. The fourth-order valence-electron chi connectivity index (χ4n) is 3.44. The normalized spacial score (nSPS) is 23.3. The van der Waals surface area contributed by atoms with Gasteiger partial charge in [-0.2, -0.15) is 0 Å². The number of hydrogen-bond acceptors (Lipinski definition) is 4. The Bertz CT molecular complexity index is 433. The van der Waals surface area contributed by atoms with Crippen LogP contribution in [0.15, 0.2) is 4.99 Å². The van der Waals surface area contributed by atoms with E-state index in [1.807, 2.05) is 6.92 Å². The van der Waals surface area contributed by atoms with Crippen molar-refractivity contribution < 1.29 is 9.53 Å². The van der Waals surface area contributed by atoms with Gasteiger partial charge in [-0.1, -0.05) is 0 Å². The number of carbonyl (C=O) groups is 1. The van der Waals surface area contributed by atoms with Crippen molar-refractivity contribution in [2.24, 2.45) is 16.8 Å². The molecule has 1 saturated heterocycles. The second kappa shape index (κ2) is 9.25. The maximum absolute atomic E-state index is 12.1. The first-order valence-corrected chi connectivity index (χ1v) is 9.43. The van der Waals surface area contributed by atoms with Crippen LogP contribution in [-0.4, -0.2) is 74.7 Å². The van der Waals surface area contributed by atoms with E-state index in [-0.39, 0.29) is 11.9 Å². The molecule has 1 saturated carbocycles. The Hall–Kier alpha value is -1.30. The van der Waals surface area contributed by atoms with Crippen LogP contribution >= 0.6 is 0 Å². The average Bonchev–Trinajstić information content (AvgIpc) is 3.39. The molecule has 2 aliphatic rings. The van der Waals surface area contributed by atoms with Crippen molar-refractivity contribution in [3.8, 4) is 0 Å². The van der Waals surface area contributed by atoms with Crippen LogP contribution in [0.4, 0.5) is 0 Å². The number of nitrogens with zero attached hydrogens (tertiary/aromatic N) is 3. The average molecular weight is 338 g/mol. The number of carbonyl (C=O) groups excluding carboxylic acids is 1. The minimum atomic E-state index is -0.0674. The molecule has 2 unspecified atom stereocenters. The zero-order chi connectivity index (χ0) is 17.5. The Morgan fingerprint density at radius 1 is 1.33 bits per heavy atom. The van der Waals surface area contributed by atoms with Crippen LogP contribution in [0.25, 0.3) is 0 Å². The lowest BCUT2D eigenvalue weighted by atomic mass is 9.98. The Labute approximate surface area is 146 Å². The highest BCUT2D eigenvalue weighted by atomic mass is 16.5. The highest BCUT2D eigenvalue weighted by molar-refractivity contribution is 5.81. The van der Waals surface area contributed by atoms with Crippen LogP contribution < -0.4 is 5.32 Å². The van der Waals surface area contributed by atoms with E-state index in [1.165, 1.54) is 12.8 Å². The van der Waals surface area contributed by atoms with Crippen LogP contribution in [0.1, 0.15) is 39.5 Å². The number of likely N-dealkylation sites (tertiary alicyclic amines) is 1. The molecule has 1 aliphatic carbocycles. The molecular formula is C18H34N4O2. The second-order valence-electron chi connectivity index (χ2n) is 7.10. The summed E-state index contributed by atoms with van der Waals surface area (Å²) in [6, 6.07) is 0.518. The van der Waals surface area contributed by atoms with Crippen molar-refractivity contribution in [2.75, 3.05) is 46.9 Å². The Kier molecular flexibility index (Phi) is 7.34. The molecule has 1 N–H and O–H groups in total. The summed E-state index contributed by atoms with van der Waals surface area (Å²) in [5, 5.41) is 3.40. The minimum absolute atomic E-state index is 0.0318. The molecule has 0 bridgehead atoms. The molecule has 0 aromatic carbocycles. The maximum atomic E-state index is 12.1. The molecular weight excluding hydrogens is 304 g/mol. The van der Waals surface area contributed by atoms with E-state index in [1.54, 1.807) is 0 Å². The van der Waals surface area contributed by atoms with Gasteiger partial charge < -0.3 is 19.9 Å². The van der Waals surface area contributed by atoms with Gasteiger partial charge in [0.15, 0.2) is 5.96 Å². The molecule has 0 aromatic rings. The summed E-state index contributed by atoms with van der Waals surface area (Å²) in [5.41, 5.74) is 0. The molecule has 0 amide bonds. The molecule has 24 heavy (non-hydrogen) atoms. The quantitative estimate of drug-likeness (QED) is 0.434. The van der Waals surface area contributed by atoms with Crippen molar-refractivity contribution in [1.82, 2.24) is 15.1 Å². The third kappa shape index (κ3) is 5.36. The monoisotopic (exact) mass is 338 g/mol. The molecule has 2 rings (SSSR count). The lowest BCUT2D eigenvalue weighted by Crippen LogP contribution is -2.48. The summed E-state index contributed by atoms with van der Waals surface area (Å²) in [6.45, 7) is 7.74. The predicted octanol–water partition coefficient (Wildman–Crippen LogP) is 1.57. The number of rotatable bonds is 7. The van der Waals surface area contributed by atoms with Gasteiger partial charge in [0.1, 0.15) is 0 Å². The molecule has 1 aliphatic heterocycles. The topological polar surface area (TPSA) is 57.2 Å². The maximum Gasteiger partial charge on any atom is 0.310 e. The van der Waals surface area contributed by atoms with Crippen molar-refractivity contribution in [1.29, 1.82) is 0 Å². The van der Waals surface area contributed by atoms with Gasteiger partial charge in [0, 0.05) is 25.7 Å². The number of ether oxygens (including phenoxy) is 1. The lowest BCUT2D eigenvalue weighted by Gasteiger charge is -2.34. The summed E-state index contributed by atoms with van der Waals surface area (Å²) >= 11 is 0. The lowest BCUT2D eigenvalue weighted by molar-refractivity contribution is -0.149. The molecule has 1 heterocycles. The highest BCUT2D eigenvalue weighted by Crippen LogP contribution is 2.34. The third-order valence-electron chi connectivity index (χ3n) is 4.93. The minimum Gasteiger partial charge on any atom is -0.466 e. The predicted molar refractivity (Wildman–Crippen MR) is 97.1 cm³/mol. The summed E-state index contributed by atoms with van der Waals surface area (Å²) in [4.78, 5) is 21.5. The fourth-order valence-corrected chi connectivity index (χ4v) is 3.44. The first-order chi connectivity index (χ1) is 11.6. The first-order valence-electron chi connectivity index (χ1n) is 9.43. The van der Waals surface area contributed by atoms with E-state index < -0.39 is 0 Å². The standard InChI is InChI=1S/C18H34N4O2/c1-5-19-18(20-12-16(21(3)4)14-9-10-14)22-11-7-8-15(13-22)17(23)24-6-2/h14-16H,5-13H2,1-4H3,(H,19,20). The third-order valence-corrected chi connectivity index (χ3v) is 4.93. The summed E-state index contributed by atoms with van der Waals surface area (Å²) in [6.07, 6.45) is 4.57. The number of esters is 1. The van der Waals surface area contributed by atoms with Gasteiger partial charge in [0.25, 0.3) is 0 Å². The molecule has 2 atom stereocenters. The molecule has 6 heteroatoms. The van der Waals surface area contributed by atoms with Crippen LogP contribution in [0, 0.1) is 11.8 Å². The molecule has 2 fully saturated rings. The van der Waals surface area contributed by atoms with Gasteiger partial charge in [0.05, 0.1) is 19.1 Å². The van der Waals surface area contributed by atoms with Crippen molar-refractivity contribution in [3.05, 3.63) is 0 Å². The SMILES string of the molecule is CCNC(=NCC(C1CC1)N(C)C)N1CCCC(C(=O)OCC)C1. The van der Waals surface area contributed by atoms with Gasteiger partial charge in [-0.3, -0.25) is 9.79 Å². The number of aliphatic imine (C=N–C) groups is 1. The molecule has 138 valence electrons. The van der Waals surface area contributed by atoms with Crippen molar-refractivity contribution >= 4 is 11.9 Å². The number of hydrogen-bond donors (Lipinski definition) is 1. The Morgan fingerprint density at radius 2 is 2.08 bits per heavy atom. The smallest absolute Gasteiger partial charge is 0.310 e. The number of nitrogens with one attached hydrogen (secondary N) is 1. The van der Waals surface area contributed by atoms with E-state index in [4.69, 9.17) is 9.73 Å². The summed E-state index contributed by atoms with van der Waals surface area (Å²) in [7, 11) is 4.28. The molecule has 0 radical (unpaired) electrons. The summed E-state index contributed by atoms with van der Waals surface area (Å²) < 4.78 is 5.21. The van der Waals surface area contributed by atoms with E-state index in [9.17, 15) is 4.79 Å². The second-order valence-corrected chi connectivity index (χ2v) is 7.10.